The van der Waals surface area contributed by atoms with Gasteiger partial charge in [0.2, 0.25) is 0 Å². The van der Waals surface area contributed by atoms with Crippen LogP contribution in [0.1, 0.15) is 58.3 Å². The molecule has 6 nitrogen and oxygen atoms in total. The number of hydrogen-bond acceptors (Lipinski definition) is 5. The number of nitrogens with zero attached hydrogens (tertiary/aromatic N) is 3. The third kappa shape index (κ3) is 5.41. The minimum absolute atomic E-state index is 0.0154. The lowest BCUT2D eigenvalue weighted by Crippen LogP contribution is -2.23. The maximum absolute atomic E-state index is 13.2. The molecule has 1 heterocycles. The van der Waals surface area contributed by atoms with E-state index >= 15 is 0 Å². The standard InChI is InChI=1S/C24H27Br2N3O3/c1-6-15(5)32-22-12-19(26)16(10-21(22)31-7-2)13-27-29-23(14(3)4)28-20-9-8-17(25)11-18(20)24(29)30/h8-15H,6-7H2,1-5H3/t15-/m1/s1. The summed E-state index contributed by atoms with van der Waals surface area (Å²) in [4.78, 5) is 17.9. The number of hydrogen-bond donors (Lipinski definition) is 0. The molecule has 0 N–H and O–H groups in total. The molecule has 0 saturated carbocycles. The summed E-state index contributed by atoms with van der Waals surface area (Å²) >= 11 is 7.03. The van der Waals surface area contributed by atoms with Gasteiger partial charge in [0, 0.05) is 20.4 Å². The number of ether oxygens (including phenoxy) is 2. The van der Waals surface area contributed by atoms with Gasteiger partial charge in [-0.1, -0.05) is 36.7 Å². The van der Waals surface area contributed by atoms with Crippen LogP contribution in [0.15, 0.2) is 49.2 Å². The van der Waals surface area contributed by atoms with Crippen LogP contribution in [-0.4, -0.2) is 28.6 Å². The van der Waals surface area contributed by atoms with Crippen LogP contribution in [0.3, 0.4) is 0 Å². The zero-order chi connectivity index (χ0) is 23.4. The smallest absolute Gasteiger partial charge is 0.282 e. The fourth-order valence-electron chi connectivity index (χ4n) is 3.08. The van der Waals surface area contributed by atoms with E-state index in [4.69, 9.17) is 9.47 Å². The molecular formula is C24H27Br2N3O3. The van der Waals surface area contributed by atoms with Crippen molar-refractivity contribution in [2.75, 3.05) is 6.61 Å². The first kappa shape index (κ1) is 24.5. The second-order valence-electron chi connectivity index (χ2n) is 7.74. The summed E-state index contributed by atoms with van der Waals surface area (Å²) < 4.78 is 14.8. The van der Waals surface area contributed by atoms with Gasteiger partial charge in [-0.2, -0.15) is 9.78 Å². The number of benzene rings is 2. The molecule has 0 bridgehead atoms. The molecule has 0 aliphatic carbocycles. The number of aromatic nitrogens is 2. The van der Waals surface area contributed by atoms with Gasteiger partial charge in [-0.3, -0.25) is 4.79 Å². The summed E-state index contributed by atoms with van der Waals surface area (Å²) in [5.41, 5.74) is 1.20. The van der Waals surface area contributed by atoms with Crippen LogP contribution in [0.25, 0.3) is 10.9 Å². The summed E-state index contributed by atoms with van der Waals surface area (Å²) in [6, 6.07) is 9.22. The monoisotopic (exact) mass is 563 g/mol. The summed E-state index contributed by atoms with van der Waals surface area (Å²) in [5, 5.41) is 5.03. The highest BCUT2D eigenvalue weighted by Gasteiger charge is 2.15. The predicted molar refractivity (Wildman–Crippen MR) is 136 cm³/mol. The van der Waals surface area contributed by atoms with Gasteiger partial charge in [0.05, 0.1) is 29.8 Å². The molecule has 8 heteroatoms. The van der Waals surface area contributed by atoms with Gasteiger partial charge in [0.25, 0.3) is 5.56 Å². The van der Waals surface area contributed by atoms with Gasteiger partial charge in [0.1, 0.15) is 5.82 Å². The van der Waals surface area contributed by atoms with E-state index in [-0.39, 0.29) is 17.6 Å². The lowest BCUT2D eigenvalue weighted by Gasteiger charge is -2.17. The van der Waals surface area contributed by atoms with Crippen molar-refractivity contribution in [2.24, 2.45) is 5.10 Å². The highest BCUT2D eigenvalue weighted by Crippen LogP contribution is 2.34. The van der Waals surface area contributed by atoms with Crippen LogP contribution >= 0.6 is 31.9 Å². The molecule has 170 valence electrons. The van der Waals surface area contributed by atoms with E-state index in [1.165, 1.54) is 4.68 Å². The van der Waals surface area contributed by atoms with Gasteiger partial charge in [-0.05, 0) is 66.5 Å². The third-order valence-corrected chi connectivity index (χ3v) is 6.11. The van der Waals surface area contributed by atoms with Crippen molar-refractivity contribution >= 4 is 49.0 Å². The second kappa shape index (κ2) is 10.6. The molecule has 0 amide bonds. The molecule has 3 aromatic rings. The maximum atomic E-state index is 13.2. The first-order chi connectivity index (χ1) is 15.2. The Hall–Kier alpha value is -2.19. The Morgan fingerprint density at radius 1 is 1.12 bits per heavy atom. The molecule has 0 fully saturated rings. The van der Waals surface area contributed by atoms with Crippen LogP contribution in [0.4, 0.5) is 0 Å². The van der Waals surface area contributed by atoms with Gasteiger partial charge in [-0.15, -0.1) is 0 Å². The molecular weight excluding hydrogens is 538 g/mol. The first-order valence-corrected chi connectivity index (χ1v) is 12.2. The Kier molecular flexibility index (Phi) is 8.11. The van der Waals surface area contributed by atoms with Crippen molar-refractivity contribution in [3.63, 3.8) is 0 Å². The molecule has 0 spiro atoms. The SMILES string of the molecule is CCOc1cc(C=Nn2c(C(C)C)nc3ccc(Br)cc3c2=O)c(Br)cc1O[C@H](C)CC. The summed E-state index contributed by atoms with van der Waals surface area (Å²) in [6.07, 6.45) is 2.59. The van der Waals surface area contributed by atoms with Crippen molar-refractivity contribution in [3.05, 3.63) is 61.0 Å². The fourth-order valence-corrected chi connectivity index (χ4v) is 3.87. The van der Waals surface area contributed by atoms with Gasteiger partial charge in [0.15, 0.2) is 11.5 Å². The van der Waals surface area contributed by atoms with E-state index in [1.807, 2.05) is 52.0 Å². The molecule has 0 aliphatic heterocycles. The highest BCUT2D eigenvalue weighted by molar-refractivity contribution is 9.10. The quantitative estimate of drug-likeness (QED) is 0.293. The number of fused-ring (bicyclic) bond motifs is 1. The topological polar surface area (TPSA) is 65.7 Å². The van der Waals surface area contributed by atoms with E-state index in [2.05, 4.69) is 48.9 Å². The zero-order valence-corrected chi connectivity index (χ0v) is 22.0. The lowest BCUT2D eigenvalue weighted by atomic mass is 10.2. The van der Waals surface area contributed by atoms with Gasteiger partial charge < -0.3 is 9.47 Å². The molecule has 0 radical (unpaired) electrons. The van der Waals surface area contributed by atoms with Gasteiger partial charge in [-0.25, -0.2) is 4.98 Å². The molecule has 2 aromatic carbocycles. The Labute approximate surface area is 204 Å². The summed E-state index contributed by atoms with van der Waals surface area (Å²) in [6.45, 7) is 10.5. The average molecular weight is 565 g/mol. The van der Waals surface area contributed by atoms with Crippen LogP contribution in [0, 0.1) is 0 Å². The summed E-state index contributed by atoms with van der Waals surface area (Å²) in [7, 11) is 0. The Bertz CT molecular complexity index is 1210. The van der Waals surface area contributed by atoms with Crippen LogP contribution in [0.2, 0.25) is 0 Å². The molecule has 1 aromatic heterocycles. The average Bonchev–Trinajstić information content (AvgIpc) is 2.75. The molecule has 0 unspecified atom stereocenters. The molecule has 0 saturated heterocycles. The largest absolute Gasteiger partial charge is 0.490 e. The highest BCUT2D eigenvalue weighted by atomic mass is 79.9. The fraction of sp³-hybridized carbons (Fsp3) is 0.375. The van der Waals surface area contributed by atoms with E-state index in [9.17, 15) is 4.79 Å². The number of rotatable bonds is 8. The van der Waals surface area contributed by atoms with E-state index < -0.39 is 0 Å². The normalized spacial score (nSPS) is 12.6. The van der Waals surface area contributed by atoms with Gasteiger partial charge >= 0.3 is 0 Å². The summed E-state index contributed by atoms with van der Waals surface area (Å²) in [5.74, 6) is 1.91. The predicted octanol–water partition coefficient (Wildman–Crippen LogP) is 6.50. The van der Waals surface area contributed by atoms with Crippen molar-refractivity contribution in [3.8, 4) is 11.5 Å². The minimum Gasteiger partial charge on any atom is -0.490 e. The van der Waals surface area contributed by atoms with E-state index in [0.717, 1.165) is 20.9 Å². The maximum Gasteiger partial charge on any atom is 0.282 e. The molecule has 3 rings (SSSR count). The number of halogens is 2. The molecule has 32 heavy (non-hydrogen) atoms. The zero-order valence-electron chi connectivity index (χ0n) is 18.9. The Balaban J connectivity index is 2.10. The first-order valence-electron chi connectivity index (χ1n) is 10.6. The van der Waals surface area contributed by atoms with Crippen LogP contribution in [0.5, 0.6) is 11.5 Å². The van der Waals surface area contributed by atoms with Crippen molar-refractivity contribution in [2.45, 2.75) is 53.1 Å². The van der Waals surface area contributed by atoms with E-state index in [1.54, 1.807) is 12.3 Å². The van der Waals surface area contributed by atoms with Crippen LogP contribution in [-0.2, 0) is 0 Å². The van der Waals surface area contributed by atoms with Crippen LogP contribution < -0.4 is 15.0 Å². The minimum atomic E-state index is -0.214. The molecule has 0 aliphatic rings. The van der Waals surface area contributed by atoms with E-state index in [0.29, 0.717) is 34.8 Å². The Morgan fingerprint density at radius 3 is 2.53 bits per heavy atom. The third-order valence-electron chi connectivity index (χ3n) is 4.93. The second-order valence-corrected chi connectivity index (χ2v) is 9.51. The molecule has 1 atom stereocenters. The lowest BCUT2D eigenvalue weighted by molar-refractivity contribution is 0.203. The Morgan fingerprint density at radius 2 is 1.88 bits per heavy atom. The van der Waals surface area contributed by atoms with Crippen molar-refractivity contribution < 1.29 is 9.47 Å². The van der Waals surface area contributed by atoms with Crippen molar-refractivity contribution in [1.82, 2.24) is 9.66 Å². The van der Waals surface area contributed by atoms with Crippen molar-refractivity contribution in [1.29, 1.82) is 0 Å².